The summed E-state index contributed by atoms with van der Waals surface area (Å²) in [5, 5.41) is 3.29. The van der Waals surface area contributed by atoms with Gasteiger partial charge < -0.3 is 15.8 Å². The number of amides is 1. The molecule has 1 fully saturated rings. The molecule has 1 aliphatic rings. The van der Waals surface area contributed by atoms with Gasteiger partial charge in [-0.2, -0.15) is 0 Å². The molecule has 7 heteroatoms. The number of anilines is 1. The van der Waals surface area contributed by atoms with Gasteiger partial charge in [-0.3, -0.25) is 9.69 Å². The van der Waals surface area contributed by atoms with E-state index in [1.54, 1.807) is 25.3 Å². The Morgan fingerprint density at radius 2 is 2.35 bits per heavy atom. The zero-order chi connectivity index (χ0) is 13.8. The van der Waals surface area contributed by atoms with Crippen molar-refractivity contribution in [2.75, 3.05) is 32.1 Å². The summed E-state index contributed by atoms with van der Waals surface area (Å²) in [6.07, 6.45) is 0.946. The van der Waals surface area contributed by atoms with Crippen LogP contribution in [0.5, 0.6) is 5.75 Å². The average molecular weight is 320 g/mol. The smallest absolute Gasteiger partial charge is 0.238 e. The molecule has 0 spiro atoms. The van der Waals surface area contributed by atoms with Gasteiger partial charge in [0.2, 0.25) is 5.91 Å². The Bertz CT molecular complexity index is 471. The van der Waals surface area contributed by atoms with Gasteiger partial charge in [-0.05, 0) is 24.6 Å². The molecule has 0 aliphatic carbocycles. The quantitative estimate of drug-likeness (QED) is 0.887. The minimum absolute atomic E-state index is 0. The fourth-order valence-electron chi connectivity index (χ4n) is 2.15. The molecule has 1 amide bonds. The van der Waals surface area contributed by atoms with Gasteiger partial charge in [0, 0.05) is 24.8 Å². The molecule has 1 unspecified atom stereocenters. The number of nitrogens with two attached hydrogens (primary N) is 1. The van der Waals surface area contributed by atoms with Crippen LogP contribution in [0, 0.1) is 0 Å². The molecule has 1 aliphatic heterocycles. The summed E-state index contributed by atoms with van der Waals surface area (Å²) < 4.78 is 5.06. The molecular formula is C13H19Cl2N3O2. The molecule has 0 radical (unpaired) electrons. The Morgan fingerprint density at radius 3 is 2.90 bits per heavy atom. The van der Waals surface area contributed by atoms with Gasteiger partial charge >= 0.3 is 0 Å². The molecule has 1 saturated heterocycles. The first-order valence-electron chi connectivity index (χ1n) is 6.20. The zero-order valence-corrected chi connectivity index (χ0v) is 12.8. The van der Waals surface area contributed by atoms with Crippen molar-refractivity contribution in [2.24, 2.45) is 5.73 Å². The number of nitrogens with zero attached hydrogens (tertiary/aromatic N) is 1. The third-order valence-corrected chi connectivity index (χ3v) is 3.41. The number of halogens is 2. The van der Waals surface area contributed by atoms with Gasteiger partial charge in [0.05, 0.1) is 18.7 Å². The Kier molecular flexibility index (Phi) is 6.55. The van der Waals surface area contributed by atoms with E-state index >= 15 is 0 Å². The van der Waals surface area contributed by atoms with Crippen molar-refractivity contribution in [3.8, 4) is 5.75 Å². The molecule has 0 saturated carbocycles. The normalized spacial score (nSPS) is 18.4. The number of carbonyl (C=O) groups excluding carboxylic acids is 1. The van der Waals surface area contributed by atoms with E-state index in [-0.39, 0.29) is 24.4 Å². The van der Waals surface area contributed by atoms with Crippen molar-refractivity contribution in [3.63, 3.8) is 0 Å². The maximum Gasteiger partial charge on any atom is 0.238 e. The first-order chi connectivity index (χ1) is 9.08. The third kappa shape index (κ3) is 4.52. The highest BCUT2D eigenvalue weighted by Crippen LogP contribution is 2.27. The molecule has 1 aromatic rings. The zero-order valence-electron chi connectivity index (χ0n) is 11.3. The van der Waals surface area contributed by atoms with E-state index in [2.05, 4.69) is 5.32 Å². The minimum Gasteiger partial charge on any atom is -0.495 e. The Labute approximate surface area is 129 Å². The number of ether oxygens (including phenoxy) is 1. The molecule has 2 rings (SSSR count). The van der Waals surface area contributed by atoms with E-state index in [9.17, 15) is 4.79 Å². The van der Waals surface area contributed by atoms with Crippen LogP contribution >= 0.6 is 24.0 Å². The largest absolute Gasteiger partial charge is 0.495 e. The summed E-state index contributed by atoms with van der Waals surface area (Å²) in [7, 11) is 1.55. The van der Waals surface area contributed by atoms with Crippen molar-refractivity contribution in [1.29, 1.82) is 0 Å². The number of hydrogen-bond donors (Lipinski definition) is 2. The number of methoxy groups -OCH3 is 1. The summed E-state index contributed by atoms with van der Waals surface area (Å²) in [6, 6.07) is 5.35. The van der Waals surface area contributed by atoms with Gasteiger partial charge in [0.1, 0.15) is 5.75 Å². The van der Waals surface area contributed by atoms with Crippen LogP contribution in [0.3, 0.4) is 0 Å². The molecule has 0 bridgehead atoms. The molecular weight excluding hydrogens is 301 g/mol. The highest BCUT2D eigenvalue weighted by atomic mass is 35.5. The first kappa shape index (κ1) is 17.0. The van der Waals surface area contributed by atoms with Crippen LogP contribution in [0.15, 0.2) is 18.2 Å². The molecule has 1 heterocycles. The average Bonchev–Trinajstić information content (AvgIpc) is 2.74. The lowest BCUT2D eigenvalue weighted by Gasteiger charge is -2.15. The number of hydrogen-bond acceptors (Lipinski definition) is 4. The van der Waals surface area contributed by atoms with Crippen molar-refractivity contribution in [2.45, 2.75) is 12.5 Å². The van der Waals surface area contributed by atoms with Gasteiger partial charge in [-0.1, -0.05) is 11.6 Å². The molecule has 112 valence electrons. The second kappa shape index (κ2) is 7.69. The lowest BCUT2D eigenvalue weighted by molar-refractivity contribution is -0.117. The number of likely N-dealkylation sites (tertiary alicyclic amines) is 1. The maximum atomic E-state index is 11.9. The van der Waals surface area contributed by atoms with Crippen LogP contribution in [0.2, 0.25) is 5.02 Å². The second-order valence-electron chi connectivity index (χ2n) is 4.68. The van der Waals surface area contributed by atoms with Crippen LogP contribution in [0.25, 0.3) is 0 Å². The predicted octanol–water partition coefficient (Wildman–Crippen LogP) is 1.74. The summed E-state index contributed by atoms with van der Waals surface area (Å²) in [5.41, 5.74) is 6.47. The van der Waals surface area contributed by atoms with E-state index in [0.29, 0.717) is 23.0 Å². The van der Waals surface area contributed by atoms with Crippen LogP contribution in [-0.2, 0) is 4.79 Å². The van der Waals surface area contributed by atoms with Crippen LogP contribution in [0.4, 0.5) is 5.69 Å². The van der Waals surface area contributed by atoms with Crippen LogP contribution < -0.4 is 15.8 Å². The van der Waals surface area contributed by atoms with Crippen molar-refractivity contribution < 1.29 is 9.53 Å². The lowest BCUT2D eigenvalue weighted by Crippen LogP contribution is -2.33. The summed E-state index contributed by atoms with van der Waals surface area (Å²) in [6.45, 7) is 2.01. The van der Waals surface area contributed by atoms with E-state index in [4.69, 9.17) is 22.1 Å². The van der Waals surface area contributed by atoms with Crippen molar-refractivity contribution in [3.05, 3.63) is 23.2 Å². The van der Waals surface area contributed by atoms with Gasteiger partial charge in [-0.15, -0.1) is 12.4 Å². The topological polar surface area (TPSA) is 67.6 Å². The SMILES string of the molecule is COc1ccc(NC(=O)CN2CCC(N)C2)cc1Cl.Cl. The lowest BCUT2D eigenvalue weighted by atomic mass is 10.3. The molecule has 0 aromatic heterocycles. The number of nitrogens with one attached hydrogen (secondary N) is 1. The summed E-state index contributed by atoms with van der Waals surface area (Å²) in [5.74, 6) is 0.528. The monoisotopic (exact) mass is 319 g/mol. The summed E-state index contributed by atoms with van der Waals surface area (Å²) in [4.78, 5) is 13.9. The fraction of sp³-hybridized carbons (Fsp3) is 0.462. The standard InChI is InChI=1S/C13H18ClN3O2.ClH/c1-19-12-3-2-10(6-11(12)14)16-13(18)8-17-5-4-9(15)7-17;/h2-3,6,9H,4-5,7-8,15H2,1H3,(H,16,18);1H. The highest BCUT2D eigenvalue weighted by molar-refractivity contribution is 6.32. The Hall–Kier alpha value is -1.01. The fourth-order valence-corrected chi connectivity index (χ4v) is 2.41. The molecule has 5 nitrogen and oxygen atoms in total. The van der Waals surface area contributed by atoms with E-state index in [0.717, 1.165) is 19.5 Å². The predicted molar refractivity (Wildman–Crippen MR) is 82.9 cm³/mol. The third-order valence-electron chi connectivity index (χ3n) is 3.11. The maximum absolute atomic E-state index is 11.9. The molecule has 20 heavy (non-hydrogen) atoms. The van der Waals surface area contributed by atoms with Gasteiger partial charge in [-0.25, -0.2) is 0 Å². The van der Waals surface area contributed by atoms with Gasteiger partial charge in [0.25, 0.3) is 0 Å². The minimum atomic E-state index is -0.0599. The Balaban J connectivity index is 0.00000200. The number of benzene rings is 1. The van der Waals surface area contributed by atoms with Crippen molar-refractivity contribution >= 4 is 35.6 Å². The number of carbonyl (C=O) groups is 1. The highest BCUT2D eigenvalue weighted by Gasteiger charge is 2.21. The van der Waals surface area contributed by atoms with E-state index < -0.39 is 0 Å². The van der Waals surface area contributed by atoms with Gasteiger partial charge in [0.15, 0.2) is 0 Å². The van der Waals surface area contributed by atoms with Crippen LogP contribution in [0.1, 0.15) is 6.42 Å². The van der Waals surface area contributed by atoms with Crippen molar-refractivity contribution in [1.82, 2.24) is 4.90 Å². The van der Waals surface area contributed by atoms with E-state index in [1.807, 2.05) is 4.90 Å². The Morgan fingerprint density at radius 1 is 1.60 bits per heavy atom. The molecule has 3 N–H and O–H groups in total. The summed E-state index contributed by atoms with van der Waals surface area (Å²) >= 11 is 6.00. The second-order valence-corrected chi connectivity index (χ2v) is 5.09. The number of rotatable bonds is 4. The molecule has 1 atom stereocenters. The first-order valence-corrected chi connectivity index (χ1v) is 6.57. The molecule has 1 aromatic carbocycles. The van der Waals surface area contributed by atoms with Crippen LogP contribution in [-0.4, -0.2) is 43.6 Å². The van der Waals surface area contributed by atoms with E-state index in [1.165, 1.54) is 0 Å².